The summed E-state index contributed by atoms with van der Waals surface area (Å²) in [5.41, 5.74) is 0.735. The largest absolute Gasteiger partial charge is 0.508 e. The molecule has 1 aromatic rings. The number of hydrogen-bond acceptors (Lipinski definition) is 3. The van der Waals surface area contributed by atoms with Crippen molar-refractivity contribution < 1.29 is 19.8 Å². The van der Waals surface area contributed by atoms with E-state index in [0.717, 1.165) is 24.8 Å². The first-order chi connectivity index (χ1) is 9.54. The van der Waals surface area contributed by atoms with Gasteiger partial charge in [-0.2, -0.15) is 0 Å². The minimum atomic E-state index is -1.08. The summed E-state index contributed by atoms with van der Waals surface area (Å²) in [5, 5.41) is 23.5. The number of amides is 2. The van der Waals surface area contributed by atoms with Crippen molar-refractivity contribution in [2.24, 2.45) is 0 Å². The van der Waals surface area contributed by atoms with Gasteiger partial charge in [0.25, 0.3) is 0 Å². The van der Waals surface area contributed by atoms with Crippen LogP contribution in [0.15, 0.2) is 24.3 Å². The minimum Gasteiger partial charge on any atom is -0.508 e. The van der Waals surface area contributed by atoms with E-state index in [2.05, 4.69) is 10.6 Å². The van der Waals surface area contributed by atoms with E-state index in [-0.39, 0.29) is 18.2 Å². The van der Waals surface area contributed by atoms with E-state index in [0.29, 0.717) is 0 Å². The summed E-state index contributed by atoms with van der Waals surface area (Å²) in [5.74, 6) is -0.960. The molecule has 0 radical (unpaired) electrons. The van der Waals surface area contributed by atoms with Gasteiger partial charge in [0.05, 0.1) is 0 Å². The zero-order valence-corrected chi connectivity index (χ0v) is 11.0. The van der Waals surface area contributed by atoms with E-state index in [1.807, 2.05) is 0 Å². The highest BCUT2D eigenvalue weighted by Crippen LogP contribution is 2.17. The molecule has 0 saturated heterocycles. The highest BCUT2D eigenvalue weighted by atomic mass is 16.4. The van der Waals surface area contributed by atoms with Crippen LogP contribution in [0.5, 0.6) is 5.75 Å². The Bertz CT molecular complexity index is 482. The maximum Gasteiger partial charge on any atom is 0.326 e. The number of aromatic hydroxyl groups is 1. The Labute approximate surface area is 116 Å². The van der Waals surface area contributed by atoms with Crippen molar-refractivity contribution in [3.8, 4) is 5.75 Å². The summed E-state index contributed by atoms with van der Waals surface area (Å²) in [7, 11) is 0. The molecule has 0 heterocycles. The predicted octanol–water partition coefficient (Wildman–Crippen LogP) is 1.24. The fraction of sp³-hybridized carbons (Fsp3) is 0.429. The number of benzene rings is 1. The number of carbonyl (C=O) groups is 2. The van der Waals surface area contributed by atoms with Crippen molar-refractivity contribution in [2.75, 3.05) is 0 Å². The van der Waals surface area contributed by atoms with Crippen molar-refractivity contribution in [1.82, 2.24) is 10.6 Å². The Hall–Kier alpha value is -2.24. The molecule has 0 aliphatic heterocycles. The quantitative estimate of drug-likeness (QED) is 0.651. The highest BCUT2D eigenvalue weighted by molar-refractivity contribution is 5.82. The summed E-state index contributed by atoms with van der Waals surface area (Å²) in [6.07, 6.45) is 3.17. The summed E-state index contributed by atoms with van der Waals surface area (Å²) in [6.45, 7) is 0. The van der Waals surface area contributed by atoms with Gasteiger partial charge in [0.1, 0.15) is 11.8 Å². The molecule has 2 amide bonds. The zero-order valence-electron chi connectivity index (χ0n) is 11.0. The van der Waals surface area contributed by atoms with Gasteiger partial charge in [0.2, 0.25) is 0 Å². The SMILES string of the molecule is O=C(NC1CCC1)NC(Cc1ccc(O)cc1)C(=O)O. The highest BCUT2D eigenvalue weighted by Gasteiger charge is 2.24. The van der Waals surface area contributed by atoms with Crippen LogP contribution < -0.4 is 10.6 Å². The van der Waals surface area contributed by atoms with Crippen LogP contribution in [0.25, 0.3) is 0 Å². The molecule has 0 bridgehead atoms. The Morgan fingerprint density at radius 1 is 1.25 bits per heavy atom. The topological polar surface area (TPSA) is 98.7 Å². The molecule has 6 nitrogen and oxygen atoms in total. The fourth-order valence-corrected chi connectivity index (χ4v) is 2.01. The molecule has 1 aromatic carbocycles. The Balaban J connectivity index is 1.90. The summed E-state index contributed by atoms with van der Waals surface area (Å²) in [4.78, 5) is 22.9. The van der Waals surface area contributed by atoms with Gasteiger partial charge in [-0.25, -0.2) is 9.59 Å². The molecule has 6 heteroatoms. The number of phenols is 1. The summed E-state index contributed by atoms with van der Waals surface area (Å²) >= 11 is 0. The molecule has 1 atom stereocenters. The maximum atomic E-state index is 11.7. The van der Waals surface area contributed by atoms with Crippen molar-refractivity contribution in [3.05, 3.63) is 29.8 Å². The van der Waals surface area contributed by atoms with Crippen LogP contribution in [0.3, 0.4) is 0 Å². The van der Waals surface area contributed by atoms with Gasteiger partial charge in [0.15, 0.2) is 0 Å². The standard InChI is InChI=1S/C14H18N2O4/c17-11-6-4-9(5-7-11)8-12(13(18)19)16-14(20)15-10-2-1-3-10/h4-7,10,12,17H,1-3,8H2,(H,18,19)(H2,15,16,20). The van der Waals surface area contributed by atoms with E-state index < -0.39 is 18.0 Å². The molecule has 1 aliphatic rings. The Morgan fingerprint density at radius 3 is 2.40 bits per heavy atom. The number of aliphatic carboxylic acids is 1. The molecule has 1 aliphatic carbocycles. The molecular weight excluding hydrogens is 260 g/mol. The molecule has 2 rings (SSSR count). The molecule has 1 fully saturated rings. The van der Waals surface area contributed by atoms with Crippen molar-refractivity contribution in [1.29, 1.82) is 0 Å². The third-order valence-electron chi connectivity index (χ3n) is 3.42. The lowest BCUT2D eigenvalue weighted by Gasteiger charge is -2.27. The maximum absolute atomic E-state index is 11.7. The number of carboxylic acid groups (broad SMARTS) is 1. The number of nitrogens with one attached hydrogen (secondary N) is 2. The minimum absolute atomic E-state index is 0.122. The van der Waals surface area contributed by atoms with Gasteiger partial charge in [-0.1, -0.05) is 12.1 Å². The third kappa shape index (κ3) is 3.88. The van der Waals surface area contributed by atoms with E-state index in [1.54, 1.807) is 12.1 Å². The van der Waals surface area contributed by atoms with Crippen molar-refractivity contribution in [2.45, 2.75) is 37.8 Å². The molecule has 4 N–H and O–H groups in total. The average molecular weight is 278 g/mol. The van der Waals surface area contributed by atoms with E-state index >= 15 is 0 Å². The van der Waals surface area contributed by atoms with Crippen LogP contribution in [0.1, 0.15) is 24.8 Å². The number of phenolic OH excluding ortho intramolecular Hbond substituents is 1. The monoisotopic (exact) mass is 278 g/mol. The van der Waals surface area contributed by atoms with Gasteiger partial charge in [-0.05, 0) is 37.0 Å². The lowest BCUT2D eigenvalue weighted by Crippen LogP contribution is -2.51. The Morgan fingerprint density at radius 2 is 1.90 bits per heavy atom. The summed E-state index contributed by atoms with van der Waals surface area (Å²) in [6, 6.07) is 4.98. The molecule has 0 aromatic heterocycles. The van der Waals surface area contributed by atoms with Gasteiger partial charge in [0, 0.05) is 12.5 Å². The Kier molecular flexibility index (Phi) is 4.45. The van der Waals surface area contributed by atoms with Gasteiger partial charge < -0.3 is 20.8 Å². The number of hydrogen-bond donors (Lipinski definition) is 4. The number of rotatable bonds is 5. The van der Waals surface area contributed by atoms with Crippen LogP contribution in [-0.4, -0.2) is 34.3 Å². The molecule has 108 valence electrons. The number of urea groups is 1. The molecule has 1 saturated carbocycles. The zero-order chi connectivity index (χ0) is 14.5. The number of carboxylic acids is 1. The van der Waals surface area contributed by atoms with E-state index in [9.17, 15) is 14.7 Å². The van der Waals surface area contributed by atoms with Crippen LogP contribution in [-0.2, 0) is 11.2 Å². The summed E-state index contributed by atoms with van der Waals surface area (Å²) < 4.78 is 0. The second-order valence-electron chi connectivity index (χ2n) is 5.01. The third-order valence-corrected chi connectivity index (χ3v) is 3.42. The smallest absolute Gasteiger partial charge is 0.326 e. The second-order valence-corrected chi connectivity index (χ2v) is 5.01. The van der Waals surface area contributed by atoms with Gasteiger partial charge >= 0.3 is 12.0 Å². The second kappa shape index (κ2) is 6.27. The lowest BCUT2D eigenvalue weighted by atomic mass is 9.93. The van der Waals surface area contributed by atoms with Crippen LogP contribution in [0.2, 0.25) is 0 Å². The first kappa shape index (κ1) is 14.2. The molecule has 0 spiro atoms. The normalized spacial score (nSPS) is 16.0. The van der Waals surface area contributed by atoms with Crippen molar-refractivity contribution in [3.63, 3.8) is 0 Å². The van der Waals surface area contributed by atoms with E-state index in [4.69, 9.17) is 5.11 Å². The predicted molar refractivity (Wildman–Crippen MR) is 72.5 cm³/mol. The molecule has 1 unspecified atom stereocenters. The fourth-order valence-electron chi connectivity index (χ4n) is 2.01. The van der Waals surface area contributed by atoms with Crippen molar-refractivity contribution >= 4 is 12.0 Å². The average Bonchev–Trinajstić information content (AvgIpc) is 2.35. The van der Waals surface area contributed by atoms with Gasteiger partial charge in [-0.15, -0.1) is 0 Å². The first-order valence-electron chi connectivity index (χ1n) is 6.62. The van der Waals surface area contributed by atoms with Crippen LogP contribution in [0, 0.1) is 0 Å². The lowest BCUT2D eigenvalue weighted by molar-refractivity contribution is -0.139. The number of carbonyl (C=O) groups excluding carboxylic acids is 1. The van der Waals surface area contributed by atoms with Crippen LogP contribution >= 0.6 is 0 Å². The van der Waals surface area contributed by atoms with Gasteiger partial charge in [-0.3, -0.25) is 0 Å². The molecular formula is C14H18N2O4. The van der Waals surface area contributed by atoms with Crippen LogP contribution in [0.4, 0.5) is 4.79 Å². The molecule has 20 heavy (non-hydrogen) atoms. The first-order valence-corrected chi connectivity index (χ1v) is 6.62. The van der Waals surface area contributed by atoms with E-state index in [1.165, 1.54) is 12.1 Å².